The molecule has 0 amide bonds. The highest BCUT2D eigenvalue weighted by molar-refractivity contribution is 6.09. The van der Waals surface area contributed by atoms with Crippen LogP contribution in [-0.4, -0.2) is 10.6 Å². The fourth-order valence-corrected chi connectivity index (χ4v) is 7.99. The summed E-state index contributed by atoms with van der Waals surface area (Å²) in [6, 6.07) is 42.8. The van der Waals surface area contributed by atoms with Gasteiger partial charge < -0.3 is 9.47 Å². The highest BCUT2D eigenvalue weighted by Gasteiger charge is 2.38. The number of benzene rings is 5. The van der Waals surface area contributed by atoms with Crippen molar-refractivity contribution in [1.29, 1.82) is 10.5 Å². The highest BCUT2D eigenvalue weighted by atomic mass is 15.2. The molecule has 2 heterocycles. The molecule has 0 bridgehead atoms. The van der Waals surface area contributed by atoms with Crippen LogP contribution in [0, 0.1) is 22.7 Å². The fraction of sp³-hybridized carbons (Fsp3) is 0.0909. The minimum Gasteiger partial charge on any atom is -0.334 e. The predicted octanol–water partition coefficient (Wildman–Crippen LogP) is 10.2. The fourth-order valence-electron chi connectivity index (χ4n) is 7.99. The molecule has 4 nitrogen and oxygen atoms in total. The van der Waals surface area contributed by atoms with Gasteiger partial charge in [-0.15, -0.1) is 0 Å². The van der Waals surface area contributed by atoms with Gasteiger partial charge in [-0.25, -0.2) is 0 Å². The van der Waals surface area contributed by atoms with Gasteiger partial charge in [-0.05, 0) is 65.6 Å². The van der Waals surface area contributed by atoms with Crippen molar-refractivity contribution in [3.8, 4) is 29.0 Å². The molecule has 1 aromatic heterocycles. The quantitative estimate of drug-likeness (QED) is 0.199. The molecule has 0 saturated carbocycles. The van der Waals surface area contributed by atoms with E-state index >= 15 is 0 Å². The van der Waals surface area contributed by atoms with Crippen LogP contribution in [-0.2, 0) is 0 Å². The van der Waals surface area contributed by atoms with Gasteiger partial charge in [0.05, 0.1) is 46.0 Å². The third-order valence-corrected chi connectivity index (χ3v) is 10.1. The number of anilines is 1. The van der Waals surface area contributed by atoms with E-state index in [1.807, 2.05) is 24.3 Å². The highest BCUT2D eigenvalue weighted by Crippen LogP contribution is 2.48. The average molecular weight is 615 g/mol. The van der Waals surface area contributed by atoms with E-state index in [0.29, 0.717) is 11.1 Å². The number of allylic oxidation sites excluding steroid dienone is 5. The van der Waals surface area contributed by atoms with Crippen LogP contribution in [0.3, 0.4) is 0 Å². The lowest BCUT2D eigenvalue weighted by Gasteiger charge is -2.32. The second-order valence-electron chi connectivity index (χ2n) is 12.7. The number of hydrogen-bond acceptors (Lipinski definition) is 3. The molecule has 226 valence electrons. The van der Waals surface area contributed by atoms with Crippen LogP contribution in [0.15, 0.2) is 157 Å². The van der Waals surface area contributed by atoms with Gasteiger partial charge in [-0.3, -0.25) is 0 Å². The first-order valence-electron chi connectivity index (χ1n) is 16.4. The zero-order valence-electron chi connectivity index (χ0n) is 26.2. The minimum absolute atomic E-state index is 0.178. The SMILES string of the molecule is N#Cc1ccc2c(c1)N(C1=CCC(c3ccccc3-c3ccc(C#N)cc3-n3c4ccccc4c4ccccc43)C=C1)C1C=CC=CC21. The summed E-state index contributed by atoms with van der Waals surface area (Å²) in [5, 5.41) is 22.0. The molecule has 0 N–H and O–H groups in total. The molecule has 0 spiro atoms. The molecule has 48 heavy (non-hydrogen) atoms. The van der Waals surface area contributed by atoms with E-state index in [1.54, 1.807) is 0 Å². The Kier molecular flexibility index (Phi) is 6.49. The van der Waals surface area contributed by atoms with E-state index in [4.69, 9.17) is 0 Å². The van der Waals surface area contributed by atoms with E-state index in [2.05, 4.69) is 149 Å². The Morgan fingerprint density at radius 3 is 2.00 bits per heavy atom. The molecule has 0 saturated heterocycles. The average Bonchev–Trinajstić information content (AvgIpc) is 3.67. The summed E-state index contributed by atoms with van der Waals surface area (Å²) < 4.78 is 2.31. The molecule has 5 aromatic carbocycles. The van der Waals surface area contributed by atoms with Gasteiger partial charge in [0.15, 0.2) is 0 Å². The van der Waals surface area contributed by atoms with Crippen molar-refractivity contribution >= 4 is 27.5 Å². The number of nitrogens with zero attached hydrogens (tertiary/aromatic N) is 4. The summed E-state index contributed by atoms with van der Waals surface area (Å²) in [5.74, 6) is 0.442. The van der Waals surface area contributed by atoms with E-state index in [1.165, 1.54) is 21.9 Å². The van der Waals surface area contributed by atoms with Crippen LogP contribution >= 0.6 is 0 Å². The molecule has 9 rings (SSSR count). The van der Waals surface area contributed by atoms with E-state index < -0.39 is 0 Å². The zero-order valence-corrected chi connectivity index (χ0v) is 26.2. The first kappa shape index (κ1) is 27.9. The van der Waals surface area contributed by atoms with Crippen LogP contribution in [0.5, 0.6) is 0 Å². The summed E-state index contributed by atoms with van der Waals surface area (Å²) >= 11 is 0. The molecule has 3 atom stereocenters. The lowest BCUT2D eigenvalue weighted by Crippen LogP contribution is -2.32. The molecule has 6 aromatic rings. The van der Waals surface area contributed by atoms with Gasteiger partial charge in [0.25, 0.3) is 0 Å². The van der Waals surface area contributed by atoms with Crippen LogP contribution in [0.4, 0.5) is 5.69 Å². The Balaban J connectivity index is 1.13. The predicted molar refractivity (Wildman–Crippen MR) is 194 cm³/mol. The molecule has 0 radical (unpaired) electrons. The van der Waals surface area contributed by atoms with E-state index in [9.17, 15) is 10.5 Å². The third-order valence-electron chi connectivity index (χ3n) is 10.1. The molecule has 1 aliphatic heterocycles. The van der Waals surface area contributed by atoms with Crippen molar-refractivity contribution in [2.24, 2.45) is 0 Å². The van der Waals surface area contributed by atoms with E-state index in [0.717, 1.165) is 45.7 Å². The van der Waals surface area contributed by atoms with Crippen LogP contribution in [0.1, 0.15) is 40.5 Å². The molecule has 4 heteroatoms. The number of aromatic nitrogens is 1. The number of hydrogen-bond donors (Lipinski definition) is 0. The molecule has 3 unspecified atom stereocenters. The Labute approximate surface area is 279 Å². The summed E-state index contributed by atoms with van der Waals surface area (Å²) in [4.78, 5) is 2.40. The first-order chi connectivity index (χ1) is 23.7. The minimum atomic E-state index is 0.178. The summed E-state index contributed by atoms with van der Waals surface area (Å²) in [6.07, 6.45) is 16.6. The van der Waals surface area contributed by atoms with Crippen molar-refractivity contribution < 1.29 is 0 Å². The molecule has 2 aliphatic carbocycles. The zero-order chi connectivity index (χ0) is 32.2. The number of nitriles is 2. The lowest BCUT2D eigenvalue weighted by atomic mass is 9.85. The number of para-hydroxylation sites is 2. The van der Waals surface area contributed by atoms with Gasteiger partial charge in [-0.2, -0.15) is 10.5 Å². The second-order valence-corrected chi connectivity index (χ2v) is 12.7. The largest absolute Gasteiger partial charge is 0.334 e. The van der Waals surface area contributed by atoms with Crippen molar-refractivity contribution in [2.45, 2.75) is 24.3 Å². The van der Waals surface area contributed by atoms with Gasteiger partial charge in [0.2, 0.25) is 0 Å². The van der Waals surface area contributed by atoms with Gasteiger partial charge >= 0.3 is 0 Å². The van der Waals surface area contributed by atoms with Crippen molar-refractivity contribution in [1.82, 2.24) is 4.57 Å². The summed E-state index contributed by atoms with van der Waals surface area (Å²) in [6.45, 7) is 0. The third kappa shape index (κ3) is 4.28. The smallest absolute Gasteiger partial charge is 0.0992 e. The van der Waals surface area contributed by atoms with Crippen LogP contribution in [0.25, 0.3) is 38.6 Å². The van der Waals surface area contributed by atoms with Crippen LogP contribution in [0.2, 0.25) is 0 Å². The number of fused-ring (bicyclic) bond motifs is 6. The molecule has 3 aliphatic rings. The lowest BCUT2D eigenvalue weighted by molar-refractivity contribution is 0.720. The summed E-state index contributed by atoms with van der Waals surface area (Å²) in [5.41, 5.74) is 11.6. The standard InChI is InChI=1S/C44H30N4/c45-27-29-18-24-39-37-13-3-6-14-40(37)47(43(39)25-29)32-21-19-31(20-22-32)33-9-1-2-10-34(33)38-23-17-30(28-46)26-44(38)48-41-15-7-4-11-35(41)36-12-5-8-16-42(36)48/h1-19,21-26,31,37,40H,20H2. The Hall–Kier alpha value is -6.36. The summed E-state index contributed by atoms with van der Waals surface area (Å²) in [7, 11) is 0. The Morgan fingerprint density at radius 1 is 0.604 bits per heavy atom. The monoisotopic (exact) mass is 614 g/mol. The Morgan fingerprint density at radius 2 is 1.27 bits per heavy atom. The van der Waals surface area contributed by atoms with Gasteiger partial charge in [0.1, 0.15) is 0 Å². The van der Waals surface area contributed by atoms with Crippen molar-refractivity contribution in [3.05, 3.63) is 180 Å². The first-order valence-corrected chi connectivity index (χ1v) is 16.4. The second kappa shape index (κ2) is 11.2. The molecular weight excluding hydrogens is 585 g/mol. The van der Waals surface area contributed by atoms with Crippen molar-refractivity contribution in [2.75, 3.05) is 4.90 Å². The number of rotatable bonds is 4. The van der Waals surface area contributed by atoms with Gasteiger partial charge in [-0.1, -0.05) is 109 Å². The maximum Gasteiger partial charge on any atom is 0.0992 e. The maximum atomic E-state index is 9.98. The van der Waals surface area contributed by atoms with Crippen molar-refractivity contribution in [3.63, 3.8) is 0 Å². The Bertz CT molecular complexity index is 2440. The molecule has 0 fully saturated rings. The topological polar surface area (TPSA) is 55.8 Å². The van der Waals surface area contributed by atoms with Gasteiger partial charge in [0, 0.05) is 39.6 Å². The molecular formula is C44H30N4. The normalized spacial score (nSPS) is 19.2. The van der Waals surface area contributed by atoms with Crippen LogP contribution < -0.4 is 4.90 Å². The maximum absolute atomic E-state index is 9.98. The van der Waals surface area contributed by atoms with E-state index in [-0.39, 0.29) is 17.9 Å².